The minimum absolute atomic E-state index is 0.0106. The van der Waals surface area contributed by atoms with Crippen LogP contribution in [0.3, 0.4) is 0 Å². The normalized spacial score (nSPS) is 21.2. The number of morpholine rings is 1. The Morgan fingerprint density at radius 3 is 2.62 bits per heavy atom. The van der Waals surface area contributed by atoms with E-state index in [9.17, 15) is 0 Å². The molecule has 0 spiro atoms. The molecule has 0 aliphatic carbocycles. The number of hydrazine groups is 1. The number of nitrogens with zero attached hydrogens (tertiary/aromatic N) is 3. The van der Waals surface area contributed by atoms with Crippen molar-refractivity contribution in [1.29, 1.82) is 0 Å². The molecule has 2 unspecified atom stereocenters. The molecule has 0 aromatic carbocycles. The van der Waals surface area contributed by atoms with Gasteiger partial charge in [-0.15, -0.1) is 0 Å². The molecule has 6 nitrogen and oxygen atoms in total. The molecule has 2 rings (SSSR count). The topological polar surface area (TPSA) is 68.3 Å². The van der Waals surface area contributed by atoms with Crippen molar-refractivity contribution in [3.63, 3.8) is 0 Å². The fourth-order valence-electron chi connectivity index (χ4n) is 3.29. The van der Waals surface area contributed by atoms with E-state index in [1.54, 1.807) is 0 Å². The maximum Gasteiger partial charge on any atom is 0.0596 e. The lowest BCUT2D eigenvalue weighted by Crippen LogP contribution is -2.63. The molecule has 0 radical (unpaired) electrons. The van der Waals surface area contributed by atoms with Crippen LogP contribution in [0.15, 0.2) is 6.07 Å². The Balaban J connectivity index is 2.18. The van der Waals surface area contributed by atoms with E-state index in [1.165, 1.54) is 5.69 Å². The van der Waals surface area contributed by atoms with Crippen LogP contribution in [0.25, 0.3) is 0 Å². The molecule has 6 heteroatoms. The van der Waals surface area contributed by atoms with Crippen LogP contribution in [-0.4, -0.2) is 52.6 Å². The minimum atomic E-state index is 0.0106. The zero-order valence-electron chi connectivity index (χ0n) is 13.7. The van der Waals surface area contributed by atoms with E-state index in [2.05, 4.69) is 35.3 Å². The van der Waals surface area contributed by atoms with E-state index in [0.717, 1.165) is 44.8 Å². The highest BCUT2D eigenvalue weighted by Gasteiger charge is 2.38. The first-order valence-electron chi connectivity index (χ1n) is 7.79. The zero-order chi connectivity index (χ0) is 15.5. The van der Waals surface area contributed by atoms with Gasteiger partial charge in [-0.05, 0) is 26.3 Å². The van der Waals surface area contributed by atoms with Gasteiger partial charge in [-0.1, -0.05) is 6.92 Å². The largest absolute Gasteiger partial charge is 0.379 e. The quantitative estimate of drug-likeness (QED) is 0.594. The summed E-state index contributed by atoms with van der Waals surface area (Å²) in [5, 5.41) is 4.43. The third-order valence-corrected chi connectivity index (χ3v) is 4.91. The van der Waals surface area contributed by atoms with Gasteiger partial charge in [-0.3, -0.25) is 20.9 Å². The minimum Gasteiger partial charge on any atom is -0.379 e. The van der Waals surface area contributed by atoms with Crippen LogP contribution in [0.2, 0.25) is 0 Å². The smallest absolute Gasteiger partial charge is 0.0596 e. The number of hydrogen-bond donors (Lipinski definition) is 2. The fourth-order valence-corrected chi connectivity index (χ4v) is 3.29. The Labute approximate surface area is 127 Å². The van der Waals surface area contributed by atoms with E-state index in [-0.39, 0.29) is 11.6 Å². The van der Waals surface area contributed by atoms with Gasteiger partial charge in [0.15, 0.2) is 0 Å². The van der Waals surface area contributed by atoms with Crippen LogP contribution < -0.4 is 11.3 Å². The number of nitrogens with two attached hydrogens (primary N) is 1. The maximum atomic E-state index is 5.91. The molecule has 1 aliphatic heterocycles. The third-order valence-electron chi connectivity index (χ3n) is 4.91. The van der Waals surface area contributed by atoms with Gasteiger partial charge in [0.25, 0.3) is 0 Å². The first kappa shape index (κ1) is 16.4. The van der Waals surface area contributed by atoms with Crippen molar-refractivity contribution in [3.05, 3.63) is 17.5 Å². The second-order valence-corrected chi connectivity index (χ2v) is 6.13. The van der Waals surface area contributed by atoms with Crippen molar-refractivity contribution in [2.24, 2.45) is 12.9 Å². The summed E-state index contributed by atoms with van der Waals surface area (Å²) < 4.78 is 7.44. The van der Waals surface area contributed by atoms with Gasteiger partial charge in [-0.25, -0.2) is 0 Å². The van der Waals surface area contributed by atoms with Crippen LogP contribution in [0.1, 0.15) is 31.7 Å². The van der Waals surface area contributed by atoms with Gasteiger partial charge in [0, 0.05) is 43.8 Å². The van der Waals surface area contributed by atoms with E-state index >= 15 is 0 Å². The first-order chi connectivity index (χ1) is 10.0. The Morgan fingerprint density at radius 1 is 1.48 bits per heavy atom. The van der Waals surface area contributed by atoms with Crippen molar-refractivity contribution in [2.75, 3.05) is 26.3 Å². The summed E-state index contributed by atoms with van der Waals surface area (Å²) in [6, 6.07) is 2.31. The number of hydrogen-bond acceptors (Lipinski definition) is 5. The molecule has 3 N–H and O–H groups in total. The lowest BCUT2D eigenvalue weighted by Gasteiger charge is -2.47. The van der Waals surface area contributed by atoms with Crippen molar-refractivity contribution < 1.29 is 4.74 Å². The molecule has 0 amide bonds. The molecule has 1 aliphatic rings. The van der Waals surface area contributed by atoms with Gasteiger partial charge < -0.3 is 4.74 Å². The fraction of sp³-hybridized carbons (Fsp3) is 0.800. The van der Waals surface area contributed by atoms with Crippen LogP contribution in [0.4, 0.5) is 0 Å². The van der Waals surface area contributed by atoms with Gasteiger partial charge >= 0.3 is 0 Å². The number of ether oxygens (including phenoxy) is 1. The van der Waals surface area contributed by atoms with E-state index in [4.69, 9.17) is 10.6 Å². The lowest BCUT2D eigenvalue weighted by atomic mass is 9.84. The van der Waals surface area contributed by atoms with Gasteiger partial charge in [0.2, 0.25) is 0 Å². The van der Waals surface area contributed by atoms with Crippen LogP contribution >= 0.6 is 0 Å². The SMILES string of the molecule is CCC(C)(C(Cc1cc(C)nn1C)NN)N1CCOCC1. The standard InChI is InChI=1S/C15H29N5O/c1-5-15(3,20-6-8-21-9-7-20)14(17-16)11-13-10-12(2)18-19(13)4/h10,14,17H,5-9,11,16H2,1-4H3. The molecular weight excluding hydrogens is 266 g/mol. The molecule has 0 bridgehead atoms. The Morgan fingerprint density at radius 2 is 2.14 bits per heavy atom. The molecule has 120 valence electrons. The summed E-state index contributed by atoms with van der Waals surface area (Å²) in [5.41, 5.74) is 5.32. The average molecular weight is 295 g/mol. The van der Waals surface area contributed by atoms with Gasteiger partial charge in [0.05, 0.1) is 18.9 Å². The molecule has 1 saturated heterocycles. The molecule has 1 fully saturated rings. The average Bonchev–Trinajstić information content (AvgIpc) is 2.82. The highest BCUT2D eigenvalue weighted by molar-refractivity contribution is 5.12. The first-order valence-corrected chi connectivity index (χ1v) is 7.79. The van der Waals surface area contributed by atoms with Crippen molar-refractivity contribution in [2.45, 2.75) is 45.2 Å². The van der Waals surface area contributed by atoms with Crippen molar-refractivity contribution in [1.82, 2.24) is 20.1 Å². The highest BCUT2D eigenvalue weighted by Crippen LogP contribution is 2.27. The molecule has 21 heavy (non-hydrogen) atoms. The van der Waals surface area contributed by atoms with Crippen LogP contribution in [0.5, 0.6) is 0 Å². The second kappa shape index (κ2) is 6.87. The molecule has 0 saturated carbocycles. The molecule has 2 atom stereocenters. The predicted molar refractivity (Wildman–Crippen MR) is 83.8 cm³/mol. The summed E-state index contributed by atoms with van der Waals surface area (Å²) in [5.74, 6) is 5.91. The Bertz CT molecular complexity index is 455. The maximum absolute atomic E-state index is 5.91. The molecular formula is C15H29N5O. The van der Waals surface area contributed by atoms with Gasteiger partial charge in [-0.2, -0.15) is 5.10 Å². The summed E-state index contributed by atoms with van der Waals surface area (Å²) in [6.07, 6.45) is 1.91. The third kappa shape index (κ3) is 3.45. The van der Waals surface area contributed by atoms with Crippen molar-refractivity contribution >= 4 is 0 Å². The molecule has 2 heterocycles. The van der Waals surface area contributed by atoms with E-state index in [1.807, 2.05) is 18.7 Å². The Hall–Kier alpha value is -0.950. The summed E-state index contributed by atoms with van der Waals surface area (Å²) in [7, 11) is 1.99. The van der Waals surface area contributed by atoms with Crippen LogP contribution in [-0.2, 0) is 18.2 Å². The summed E-state index contributed by atoms with van der Waals surface area (Å²) in [6.45, 7) is 10.1. The van der Waals surface area contributed by atoms with E-state index < -0.39 is 0 Å². The summed E-state index contributed by atoms with van der Waals surface area (Å²) in [4.78, 5) is 2.50. The number of aryl methyl sites for hydroxylation is 2. The number of nitrogens with one attached hydrogen (secondary N) is 1. The molecule has 1 aromatic heterocycles. The molecule has 1 aromatic rings. The number of rotatable bonds is 6. The van der Waals surface area contributed by atoms with Gasteiger partial charge in [0.1, 0.15) is 0 Å². The zero-order valence-corrected chi connectivity index (χ0v) is 13.7. The summed E-state index contributed by atoms with van der Waals surface area (Å²) >= 11 is 0. The van der Waals surface area contributed by atoms with Crippen LogP contribution in [0, 0.1) is 6.92 Å². The Kier molecular flexibility index (Phi) is 5.37. The monoisotopic (exact) mass is 295 g/mol. The number of aromatic nitrogens is 2. The van der Waals surface area contributed by atoms with E-state index in [0.29, 0.717) is 0 Å². The lowest BCUT2D eigenvalue weighted by molar-refractivity contribution is -0.0324. The predicted octanol–water partition coefficient (Wildman–Crippen LogP) is 0.604. The van der Waals surface area contributed by atoms with Crippen molar-refractivity contribution in [3.8, 4) is 0 Å². The highest BCUT2D eigenvalue weighted by atomic mass is 16.5. The second-order valence-electron chi connectivity index (χ2n) is 6.13.